The Bertz CT molecular complexity index is 871. The Morgan fingerprint density at radius 1 is 1.32 bits per heavy atom. The van der Waals surface area contributed by atoms with Crippen LogP contribution in [0.15, 0.2) is 45.8 Å². The first-order chi connectivity index (χ1) is 12.1. The van der Waals surface area contributed by atoms with Gasteiger partial charge in [-0.25, -0.2) is 0 Å². The van der Waals surface area contributed by atoms with E-state index in [-0.39, 0.29) is 23.9 Å². The normalized spacial score (nSPS) is 11.0. The highest BCUT2D eigenvalue weighted by atomic mass is 32.2. The molecule has 0 spiro atoms. The van der Waals surface area contributed by atoms with Gasteiger partial charge in [-0.1, -0.05) is 18.1 Å². The number of rotatable bonds is 6. The molecule has 0 aliphatic carbocycles. The van der Waals surface area contributed by atoms with Crippen LogP contribution < -0.4 is 5.32 Å². The Kier molecular flexibility index (Phi) is 5.18. The summed E-state index contributed by atoms with van der Waals surface area (Å²) in [6.07, 6.45) is 1.85. The van der Waals surface area contributed by atoms with E-state index in [0.29, 0.717) is 11.3 Å². The fourth-order valence-electron chi connectivity index (χ4n) is 2.18. The van der Waals surface area contributed by atoms with Crippen LogP contribution in [-0.2, 0) is 0 Å². The van der Waals surface area contributed by atoms with Gasteiger partial charge in [-0.2, -0.15) is 5.10 Å². The number of anilines is 1. The van der Waals surface area contributed by atoms with Crippen molar-refractivity contribution >= 4 is 23.7 Å². The monoisotopic (exact) mass is 357 g/mol. The summed E-state index contributed by atoms with van der Waals surface area (Å²) in [5.41, 5.74) is 1.12. The first-order valence-electron chi connectivity index (χ1n) is 8.00. The van der Waals surface area contributed by atoms with E-state index in [0.717, 1.165) is 10.6 Å². The van der Waals surface area contributed by atoms with Gasteiger partial charge in [0.2, 0.25) is 0 Å². The maximum atomic E-state index is 12.3. The Labute approximate surface area is 149 Å². The average Bonchev–Trinajstić information content (AvgIpc) is 3.24. The lowest BCUT2D eigenvalue weighted by Crippen LogP contribution is -2.12. The lowest BCUT2D eigenvalue weighted by atomic mass is 10.2. The van der Waals surface area contributed by atoms with Gasteiger partial charge in [-0.05, 0) is 43.9 Å². The molecule has 0 fully saturated rings. The molecule has 0 saturated carbocycles. The third-order valence-corrected chi connectivity index (χ3v) is 4.29. The van der Waals surface area contributed by atoms with Crippen LogP contribution in [0, 0.1) is 0 Å². The minimum absolute atomic E-state index is 0.0487. The molecular formula is C17H19N5O2S. The van der Waals surface area contributed by atoms with Gasteiger partial charge in [0, 0.05) is 22.7 Å². The van der Waals surface area contributed by atoms with Gasteiger partial charge in [-0.15, -0.1) is 16.9 Å². The summed E-state index contributed by atoms with van der Waals surface area (Å²) in [6, 6.07) is 9.49. The summed E-state index contributed by atoms with van der Waals surface area (Å²) < 4.78 is 7.30. The zero-order chi connectivity index (χ0) is 17.8. The summed E-state index contributed by atoms with van der Waals surface area (Å²) in [6.45, 7) is 6.13. The molecule has 3 rings (SSSR count). The van der Waals surface area contributed by atoms with Crippen molar-refractivity contribution in [2.45, 2.75) is 31.7 Å². The van der Waals surface area contributed by atoms with Gasteiger partial charge in [0.15, 0.2) is 0 Å². The van der Waals surface area contributed by atoms with E-state index in [2.05, 4.69) is 27.5 Å². The number of nitrogens with one attached hydrogen (secondary N) is 1. The van der Waals surface area contributed by atoms with Crippen molar-refractivity contribution in [2.75, 3.05) is 11.1 Å². The summed E-state index contributed by atoms with van der Waals surface area (Å²) in [5.74, 6) is 0.924. The maximum absolute atomic E-state index is 12.3. The van der Waals surface area contributed by atoms with Crippen molar-refractivity contribution < 1.29 is 9.21 Å². The number of thioether (sulfide) groups is 1. The van der Waals surface area contributed by atoms with Gasteiger partial charge in [0.05, 0.1) is 0 Å². The van der Waals surface area contributed by atoms with Crippen LogP contribution in [0.25, 0.3) is 11.6 Å². The third kappa shape index (κ3) is 4.08. The first kappa shape index (κ1) is 17.2. The van der Waals surface area contributed by atoms with Gasteiger partial charge in [0.25, 0.3) is 11.8 Å². The van der Waals surface area contributed by atoms with Crippen LogP contribution in [0.2, 0.25) is 0 Å². The van der Waals surface area contributed by atoms with E-state index in [1.807, 2.05) is 38.2 Å². The number of nitrogens with zero attached hydrogens (tertiary/aromatic N) is 4. The Hall–Kier alpha value is -2.61. The minimum Gasteiger partial charge on any atom is -0.401 e. The lowest BCUT2D eigenvalue weighted by molar-refractivity contribution is 0.102. The van der Waals surface area contributed by atoms with Crippen LogP contribution in [-0.4, -0.2) is 31.6 Å². The van der Waals surface area contributed by atoms with E-state index in [1.54, 1.807) is 28.6 Å². The molecule has 0 unspecified atom stereocenters. The molecular weight excluding hydrogens is 338 g/mol. The summed E-state index contributed by atoms with van der Waals surface area (Å²) in [5, 5.41) is 14.8. The van der Waals surface area contributed by atoms with Crippen molar-refractivity contribution in [3.63, 3.8) is 0 Å². The van der Waals surface area contributed by atoms with Crippen molar-refractivity contribution in [1.29, 1.82) is 0 Å². The Balaban J connectivity index is 1.72. The number of aromatic nitrogens is 4. The predicted octanol–water partition coefficient (Wildman–Crippen LogP) is 3.88. The highest BCUT2D eigenvalue weighted by Crippen LogP contribution is 2.21. The van der Waals surface area contributed by atoms with Crippen LogP contribution in [0.3, 0.4) is 0 Å². The zero-order valence-electron chi connectivity index (χ0n) is 14.3. The smallest absolute Gasteiger partial charge is 0.322 e. The number of hydrogen-bond acceptors (Lipinski definition) is 6. The van der Waals surface area contributed by atoms with Crippen LogP contribution in [0.1, 0.15) is 37.2 Å². The molecule has 0 saturated heterocycles. The largest absolute Gasteiger partial charge is 0.401 e. The molecule has 0 atom stereocenters. The molecule has 0 aliphatic rings. The number of hydrogen-bond donors (Lipinski definition) is 1. The topological polar surface area (TPSA) is 85.8 Å². The second-order valence-electron chi connectivity index (χ2n) is 5.60. The predicted molar refractivity (Wildman–Crippen MR) is 96.7 cm³/mol. The molecule has 25 heavy (non-hydrogen) atoms. The standard InChI is InChI=1S/C17H19N5O2S/c1-4-25-13-7-5-6-12(10-13)15(23)18-17-20-19-16(24-17)14-8-9-22(21-14)11(2)3/h5-11H,4H2,1-3H3,(H,18,20,23). The van der Waals surface area contributed by atoms with Gasteiger partial charge < -0.3 is 4.42 Å². The first-order valence-corrected chi connectivity index (χ1v) is 8.98. The maximum Gasteiger partial charge on any atom is 0.322 e. The van der Waals surface area contributed by atoms with Gasteiger partial charge in [-0.3, -0.25) is 14.8 Å². The fraction of sp³-hybridized carbons (Fsp3) is 0.294. The third-order valence-electron chi connectivity index (χ3n) is 3.41. The second-order valence-corrected chi connectivity index (χ2v) is 6.94. The molecule has 130 valence electrons. The van der Waals surface area contributed by atoms with Crippen molar-refractivity contribution in [3.8, 4) is 11.6 Å². The SMILES string of the molecule is CCSc1cccc(C(=O)Nc2nnc(-c3ccn(C(C)C)n3)o2)c1. The quantitative estimate of drug-likeness (QED) is 0.674. The summed E-state index contributed by atoms with van der Waals surface area (Å²) in [7, 11) is 0. The zero-order valence-corrected chi connectivity index (χ0v) is 15.1. The van der Waals surface area contributed by atoms with Crippen LogP contribution in [0.5, 0.6) is 0 Å². The van der Waals surface area contributed by atoms with Crippen molar-refractivity contribution in [2.24, 2.45) is 0 Å². The molecule has 1 amide bonds. The van der Waals surface area contributed by atoms with Crippen LogP contribution in [0.4, 0.5) is 6.01 Å². The summed E-state index contributed by atoms with van der Waals surface area (Å²) >= 11 is 1.68. The molecule has 0 aliphatic heterocycles. The molecule has 0 radical (unpaired) electrons. The molecule has 2 aromatic heterocycles. The number of amides is 1. The minimum atomic E-state index is -0.290. The Morgan fingerprint density at radius 3 is 2.88 bits per heavy atom. The van der Waals surface area contributed by atoms with Crippen molar-refractivity contribution in [1.82, 2.24) is 20.0 Å². The molecule has 7 nitrogen and oxygen atoms in total. The second kappa shape index (κ2) is 7.52. The van der Waals surface area contributed by atoms with Crippen molar-refractivity contribution in [3.05, 3.63) is 42.1 Å². The lowest BCUT2D eigenvalue weighted by Gasteiger charge is -2.03. The molecule has 3 aromatic rings. The van der Waals surface area contributed by atoms with E-state index in [1.165, 1.54) is 0 Å². The molecule has 2 heterocycles. The van der Waals surface area contributed by atoms with E-state index in [4.69, 9.17) is 4.42 Å². The highest BCUT2D eigenvalue weighted by Gasteiger charge is 2.15. The molecule has 8 heteroatoms. The Morgan fingerprint density at radius 2 is 2.16 bits per heavy atom. The molecule has 1 aromatic carbocycles. The van der Waals surface area contributed by atoms with E-state index < -0.39 is 0 Å². The fourth-order valence-corrected chi connectivity index (χ4v) is 2.90. The van der Waals surface area contributed by atoms with E-state index in [9.17, 15) is 4.79 Å². The van der Waals surface area contributed by atoms with E-state index >= 15 is 0 Å². The number of carbonyl (C=O) groups is 1. The molecule has 1 N–H and O–H groups in total. The number of benzene rings is 1. The molecule has 0 bridgehead atoms. The van der Waals surface area contributed by atoms with Crippen LogP contribution >= 0.6 is 11.8 Å². The van der Waals surface area contributed by atoms with Gasteiger partial charge in [0.1, 0.15) is 5.69 Å². The summed E-state index contributed by atoms with van der Waals surface area (Å²) in [4.78, 5) is 13.4. The highest BCUT2D eigenvalue weighted by molar-refractivity contribution is 7.99. The number of carbonyl (C=O) groups excluding carboxylic acids is 1. The van der Waals surface area contributed by atoms with Gasteiger partial charge >= 0.3 is 6.01 Å². The average molecular weight is 357 g/mol.